The summed E-state index contributed by atoms with van der Waals surface area (Å²) < 4.78 is 15.9. The van der Waals surface area contributed by atoms with Crippen LogP contribution >= 0.6 is 0 Å². The molecular weight excluding hydrogens is 423 g/mol. The Morgan fingerprint density at radius 1 is 1.12 bits per heavy atom. The molecular formula is C29H37FN4. The van der Waals surface area contributed by atoms with Crippen molar-refractivity contribution in [2.45, 2.75) is 46.1 Å². The van der Waals surface area contributed by atoms with Gasteiger partial charge in [-0.3, -0.25) is 0 Å². The smallest absolute Gasteiger partial charge is 0.160 e. The second-order valence-corrected chi connectivity index (χ2v) is 9.08. The average Bonchev–Trinajstić information content (AvgIpc) is 3.21. The summed E-state index contributed by atoms with van der Waals surface area (Å²) in [5.41, 5.74) is 5.17. The number of aromatic nitrogens is 2. The normalized spacial score (nSPS) is 11.0. The van der Waals surface area contributed by atoms with E-state index in [1.165, 1.54) is 17.7 Å². The van der Waals surface area contributed by atoms with Gasteiger partial charge in [-0.25, -0.2) is 9.37 Å². The molecule has 0 bridgehead atoms. The van der Waals surface area contributed by atoms with Crippen LogP contribution in [0.1, 0.15) is 56.4 Å². The number of hydrogen-bond donors (Lipinski definition) is 0. The first-order valence-corrected chi connectivity index (χ1v) is 12.0. The molecule has 0 saturated heterocycles. The van der Waals surface area contributed by atoms with Gasteiger partial charge in [0.25, 0.3) is 0 Å². The Labute approximate surface area is 204 Å². The predicted molar refractivity (Wildman–Crippen MR) is 142 cm³/mol. The molecule has 0 fully saturated rings. The van der Waals surface area contributed by atoms with E-state index in [-0.39, 0.29) is 5.82 Å². The molecule has 0 aliphatic carbocycles. The monoisotopic (exact) mass is 460 g/mol. The molecule has 0 N–H and O–H groups in total. The number of unbranched alkanes of at least 4 members (excludes halogenated alkanes) is 1. The molecule has 4 nitrogen and oxygen atoms in total. The van der Waals surface area contributed by atoms with E-state index in [1.807, 2.05) is 24.1 Å². The van der Waals surface area contributed by atoms with Crippen molar-refractivity contribution in [3.63, 3.8) is 0 Å². The van der Waals surface area contributed by atoms with E-state index in [2.05, 4.69) is 74.7 Å². The van der Waals surface area contributed by atoms with Gasteiger partial charge < -0.3 is 14.4 Å². The predicted octanol–water partition coefficient (Wildman–Crippen LogP) is 7.14. The molecule has 2 aromatic carbocycles. The molecule has 0 unspecified atom stereocenters. The number of benzene rings is 2. The van der Waals surface area contributed by atoms with Gasteiger partial charge in [0.1, 0.15) is 17.3 Å². The van der Waals surface area contributed by atoms with Gasteiger partial charge in [-0.15, -0.1) is 0 Å². The zero-order valence-electron chi connectivity index (χ0n) is 21.2. The molecule has 34 heavy (non-hydrogen) atoms. The summed E-state index contributed by atoms with van der Waals surface area (Å²) in [5, 5.41) is 0. The molecule has 0 amide bonds. The highest BCUT2D eigenvalue weighted by Crippen LogP contribution is 2.36. The van der Waals surface area contributed by atoms with E-state index in [4.69, 9.17) is 4.98 Å². The summed E-state index contributed by atoms with van der Waals surface area (Å²) in [6.07, 6.45) is 3.96. The van der Waals surface area contributed by atoms with Crippen molar-refractivity contribution in [1.29, 1.82) is 0 Å². The Morgan fingerprint density at radius 3 is 2.41 bits per heavy atom. The minimum absolute atomic E-state index is 0.240. The van der Waals surface area contributed by atoms with Crippen LogP contribution in [0.2, 0.25) is 0 Å². The van der Waals surface area contributed by atoms with Crippen molar-refractivity contribution >= 4 is 11.5 Å². The van der Waals surface area contributed by atoms with Crippen molar-refractivity contribution in [3.05, 3.63) is 90.5 Å². The van der Waals surface area contributed by atoms with Crippen molar-refractivity contribution < 1.29 is 4.39 Å². The second-order valence-electron chi connectivity index (χ2n) is 9.08. The largest absolute Gasteiger partial charge is 0.373 e. The van der Waals surface area contributed by atoms with E-state index in [0.29, 0.717) is 12.5 Å². The van der Waals surface area contributed by atoms with Crippen LogP contribution in [0, 0.1) is 5.82 Å². The fourth-order valence-corrected chi connectivity index (χ4v) is 4.10. The Bertz CT molecular complexity index is 1130. The molecule has 180 valence electrons. The first-order valence-electron chi connectivity index (χ1n) is 12.0. The highest BCUT2D eigenvalue weighted by Gasteiger charge is 2.25. The van der Waals surface area contributed by atoms with E-state index in [1.54, 1.807) is 6.20 Å². The summed E-state index contributed by atoms with van der Waals surface area (Å²) in [5.74, 6) is 1.78. The topological polar surface area (TPSA) is 24.3 Å². The van der Waals surface area contributed by atoms with Crippen molar-refractivity contribution in [3.8, 4) is 11.4 Å². The summed E-state index contributed by atoms with van der Waals surface area (Å²) in [4.78, 5) is 9.28. The maximum Gasteiger partial charge on any atom is 0.160 e. The Balaban J connectivity index is 2.28. The Hall–Kier alpha value is -3.34. The van der Waals surface area contributed by atoms with E-state index < -0.39 is 0 Å². The molecule has 1 aromatic heterocycles. The lowest BCUT2D eigenvalue weighted by Crippen LogP contribution is -2.22. The molecule has 0 saturated carbocycles. The molecule has 3 rings (SSSR count). The molecule has 5 heteroatoms. The first kappa shape index (κ1) is 25.3. The first-order chi connectivity index (χ1) is 16.3. The SMILES string of the molecule is C=CN(C)c1nc(-c2ccccc2C(C)C)n(Cc2ccc(F)cc2)c1C(=C)N(C)CCCC. The number of imidazole rings is 1. The van der Waals surface area contributed by atoms with Crippen LogP contribution < -0.4 is 4.90 Å². The highest BCUT2D eigenvalue weighted by molar-refractivity contribution is 5.76. The van der Waals surface area contributed by atoms with Crippen LogP contribution in [0.15, 0.2) is 67.9 Å². The van der Waals surface area contributed by atoms with E-state index >= 15 is 0 Å². The molecule has 0 atom stereocenters. The van der Waals surface area contributed by atoms with Crippen LogP contribution in [0.3, 0.4) is 0 Å². The van der Waals surface area contributed by atoms with Crippen LogP contribution in [0.5, 0.6) is 0 Å². The van der Waals surface area contributed by atoms with Gasteiger partial charge in [-0.05, 0) is 41.8 Å². The highest BCUT2D eigenvalue weighted by atomic mass is 19.1. The number of halogens is 1. The second kappa shape index (κ2) is 11.2. The summed E-state index contributed by atoms with van der Waals surface area (Å²) in [6.45, 7) is 16.5. The van der Waals surface area contributed by atoms with Gasteiger partial charge in [0.15, 0.2) is 5.82 Å². The van der Waals surface area contributed by atoms with Crippen LogP contribution in [0.25, 0.3) is 17.1 Å². The minimum Gasteiger partial charge on any atom is -0.373 e. The van der Waals surface area contributed by atoms with Gasteiger partial charge in [0.2, 0.25) is 0 Å². The zero-order valence-corrected chi connectivity index (χ0v) is 21.2. The minimum atomic E-state index is -0.240. The van der Waals surface area contributed by atoms with E-state index in [9.17, 15) is 4.39 Å². The third kappa shape index (κ3) is 5.41. The lowest BCUT2D eigenvalue weighted by atomic mass is 9.97. The number of rotatable bonds is 11. The number of nitrogens with zero attached hydrogens (tertiary/aromatic N) is 4. The quantitative estimate of drug-likeness (QED) is 0.304. The maximum absolute atomic E-state index is 13.6. The van der Waals surface area contributed by atoms with Gasteiger partial charge in [0, 0.05) is 32.7 Å². The Kier molecular flexibility index (Phi) is 8.32. The average molecular weight is 461 g/mol. The third-order valence-corrected chi connectivity index (χ3v) is 6.22. The lowest BCUT2D eigenvalue weighted by molar-refractivity contribution is 0.460. The van der Waals surface area contributed by atoms with Crippen molar-refractivity contribution in [1.82, 2.24) is 14.5 Å². The van der Waals surface area contributed by atoms with Crippen molar-refractivity contribution in [2.75, 3.05) is 25.5 Å². The zero-order chi connectivity index (χ0) is 24.8. The third-order valence-electron chi connectivity index (χ3n) is 6.22. The van der Waals surface area contributed by atoms with Crippen LogP contribution in [0.4, 0.5) is 10.2 Å². The van der Waals surface area contributed by atoms with E-state index in [0.717, 1.165) is 53.5 Å². The molecule has 0 spiro atoms. The van der Waals surface area contributed by atoms with Gasteiger partial charge in [-0.2, -0.15) is 0 Å². The number of hydrogen-bond acceptors (Lipinski definition) is 3. The summed E-state index contributed by atoms with van der Waals surface area (Å²) >= 11 is 0. The van der Waals surface area contributed by atoms with Crippen molar-refractivity contribution in [2.24, 2.45) is 0 Å². The molecule has 0 radical (unpaired) electrons. The van der Waals surface area contributed by atoms with Gasteiger partial charge in [-0.1, -0.05) is 76.7 Å². The molecule has 0 aliphatic heterocycles. The van der Waals surface area contributed by atoms with Crippen LogP contribution in [-0.2, 0) is 6.54 Å². The summed E-state index contributed by atoms with van der Waals surface area (Å²) in [6, 6.07) is 15.1. The maximum atomic E-state index is 13.6. The Morgan fingerprint density at radius 2 is 1.79 bits per heavy atom. The molecule has 3 aromatic rings. The van der Waals surface area contributed by atoms with Crippen LogP contribution in [-0.4, -0.2) is 35.1 Å². The standard InChI is InChI=1S/C29H37FN4/c1-8-10-19-33(7)22(5)27-29(32(6)9-2)31-28(26-14-12-11-13-25(26)21(3)4)34(27)20-23-15-17-24(30)18-16-23/h9,11-18,21H,2,5,8,10,19-20H2,1,3-4,6-7H3. The molecule has 1 heterocycles. The summed E-state index contributed by atoms with van der Waals surface area (Å²) in [7, 11) is 4.03. The van der Waals surface area contributed by atoms with Gasteiger partial charge >= 0.3 is 0 Å². The fourth-order valence-electron chi connectivity index (χ4n) is 4.10. The molecule has 0 aliphatic rings. The fraction of sp³-hybridized carbons (Fsp3) is 0.345. The lowest BCUT2D eigenvalue weighted by Gasteiger charge is -2.25. The van der Waals surface area contributed by atoms with Gasteiger partial charge in [0.05, 0.1) is 5.70 Å². The number of anilines is 1.